The van der Waals surface area contributed by atoms with Crippen molar-refractivity contribution in [2.75, 3.05) is 27.5 Å². The number of aliphatic hydroxyl groups is 1. The molecule has 0 radical (unpaired) electrons. The molecule has 2 N–H and O–H groups in total. The van der Waals surface area contributed by atoms with E-state index in [1.165, 1.54) is 13.8 Å². The molecule has 10 nitrogen and oxygen atoms in total. The zero-order valence-electron chi connectivity index (χ0n) is 21.3. The van der Waals surface area contributed by atoms with E-state index in [4.69, 9.17) is 14.4 Å². The van der Waals surface area contributed by atoms with E-state index >= 15 is 0 Å². The number of alkyl carbamates (subject to hydrolysis) is 1. The Balaban J connectivity index is -0.000000493. The smallest absolute Gasteiger partial charge is 0.412 e. The Morgan fingerprint density at radius 1 is 1.06 bits per heavy atom. The number of halogens is 4. The fraction of sp³-hybridized carbons (Fsp3) is 0.750. The highest BCUT2D eigenvalue weighted by atomic mass is 31.2. The first-order valence-corrected chi connectivity index (χ1v) is 12.2. The number of rotatable bonds is 8. The van der Waals surface area contributed by atoms with Crippen LogP contribution in [0.2, 0.25) is 0 Å². The molecular weight excluding hydrogens is 505 g/mol. The SMILES string of the molecule is CC(O)C(F)F.CCOP(C)(=O)C(C)C(=O)OC.COC(=O)/C(=C/C(F)F)NC(=O)OC(C)(C)C. The third-order valence-electron chi connectivity index (χ3n) is 3.33. The van der Waals surface area contributed by atoms with Crippen molar-refractivity contribution in [2.45, 2.75) is 71.8 Å². The van der Waals surface area contributed by atoms with Crippen molar-refractivity contribution >= 4 is 25.4 Å². The summed E-state index contributed by atoms with van der Waals surface area (Å²) in [6.45, 7) is 10.9. The summed E-state index contributed by atoms with van der Waals surface area (Å²) in [6.07, 6.45) is -7.70. The van der Waals surface area contributed by atoms with Crippen LogP contribution in [0.15, 0.2) is 11.8 Å². The summed E-state index contributed by atoms with van der Waals surface area (Å²) in [7, 11) is -0.550. The highest BCUT2D eigenvalue weighted by Crippen LogP contribution is 2.48. The second-order valence-electron chi connectivity index (χ2n) is 7.63. The number of nitrogens with one attached hydrogen (secondary N) is 1. The number of allylic oxidation sites excluding steroid dienone is 1. The van der Waals surface area contributed by atoms with Crippen LogP contribution in [0.4, 0.5) is 22.4 Å². The Bertz CT molecular complexity index is 720. The molecular formula is C20H36F4NO9P. The third kappa shape index (κ3) is 20.9. The molecule has 0 aliphatic carbocycles. The molecule has 15 heteroatoms. The van der Waals surface area contributed by atoms with Gasteiger partial charge in [0.05, 0.1) is 20.8 Å². The van der Waals surface area contributed by atoms with Crippen LogP contribution in [-0.2, 0) is 32.9 Å². The summed E-state index contributed by atoms with van der Waals surface area (Å²) in [4.78, 5) is 33.3. The van der Waals surface area contributed by atoms with Crippen LogP contribution in [0.5, 0.6) is 0 Å². The molecule has 3 unspecified atom stereocenters. The van der Waals surface area contributed by atoms with Crippen molar-refractivity contribution in [1.82, 2.24) is 5.32 Å². The Morgan fingerprint density at radius 2 is 1.51 bits per heavy atom. The molecule has 0 bridgehead atoms. The van der Waals surface area contributed by atoms with Crippen LogP contribution in [0.3, 0.4) is 0 Å². The minimum absolute atomic E-state index is 0.274. The highest BCUT2D eigenvalue weighted by molar-refractivity contribution is 7.59. The second kappa shape index (κ2) is 18.1. The van der Waals surface area contributed by atoms with E-state index in [1.54, 1.807) is 34.6 Å². The first-order chi connectivity index (χ1) is 15.7. The van der Waals surface area contributed by atoms with Crippen molar-refractivity contribution in [2.24, 2.45) is 0 Å². The van der Waals surface area contributed by atoms with E-state index in [2.05, 4.69) is 9.47 Å². The van der Waals surface area contributed by atoms with Gasteiger partial charge in [-0.15, -0.1) is 0 Å². The number of esters is 2. The van der Waals surface area contributed by atoms with Crippen molar-refractivity contribution in [3.05, 3.63) is 11.8 Å². The van der Waals surface area contributed by atoms with Crippen molar-refractivity contribution < 1.29 is 60.4 Å². The van der Waals surface area contributed by atoms with Gasteiger partial charge >= 0.3 is 18.0 Å². The standard InChI is InChI=1S/C10H15F2NO4.C7H15O4P.C3H6F2O/c1-10(2,3)17-9(15)13-6(5-7(11)12)8(14)16-4;1-5-11-12(4,9)6(2)7(8)10-3;1-2(6)3(4)5/h5,7H,1-4H3,(H,13,15);6H,5H2,1-4H3;2-3,6H,1H3/b6-5-;;. The Hall–Kier alpha value is -2.18. The van der Waals surface area contributed by atoms with E-state index in [0.717, 1.165) is 14.0 Å². The maximum Gasteiger partial charge on any atom is 0.412 e. The molecule has 0 fully saturated rings. The molecule has 0 aromatic heterocycles. The molecule has 0 spiro atoms. The van der Waals surface area contributed by atoms with Crippen molar-refractivity contribution in [3.63, 3.8) is 0 Å². The number of alkyl halides is 4. The lowest BCUT2D eigenvalue weighted by atomic mass is 10.2. The molecule has 0 rings (SSSR count). The second-order valence-corrected chi connectivity index (χ2v) is 10.5. The van der Waals surface area contributed by atoms with Gasteiger partial charge in [0.25, 0.3) is 12.9 Å². The van der Waals surface area contributed by atoms with E-state index in [9.17, 15) is 36.5 Å². The van der Waals surface area contributed by atoms with Gasteiger partial charge < -0.3 is 23.8 Å². The first kappa shape index (κ1) is 37.4. The highest BCUT2D eigenvalue weighted by Gasteiger charge is 2.31. The van der Waals surface area contributed by atoms with Crippen molar-refractivity contribution in [1.29, 1.82) is 0 Å². The number of carbonyl (C=O) groups excluding carboxylic acids is 3. The molecule has 0 aliphatic rings. The number of aliphatic hydroxyl groups excluding tert-OH is 1. The van der Waals surface area contributed by atoms with Crippen LogP contribution >= 0.6 is 7.37 Å². The molecule has 0 aliphatic heterocycles. The van der Waals surface area contributed by atoms with Crippen LogP contribution in [0.1, 0.15) is 41.5 Å². The van der Waals surface area contributed by atoms with Crippen LogP contribution in [0, 0.1) is 0 Å². The molecule has 0 saturated carbocycles. The Labute approximate surface area is 202 Å². The fourth-order valence-corrected chi connectivity index (χ4v) is 2.77. The predicted molar refractivity (Wildman–Crippen MR) is 120 cm³/mol. The minimum Gasteiger partial charge on any atom is -0.468 e. The van der Waals surface area contributed by atoms with Crippen LogP contribution in [0.25, 0.3) is 0 Å². The predicted octanol–water partition coefficient (Wildman–Crippen LogP) is 3.96. The molecule has 35 heavy (non-hydrogen) atoms. The first-order valence-electron chi connectivity index (χ1n) is 10.1. The lowest BCUT2D eigenvalue weighted by Gasteiger charge is -2.20. The van der Waals surface area contributed by atoms with Gasteiger partial charge in [-0.05, 0) is 41.5 Å². The molecule has 0 saturated heterocycles. The largest absolute Gasteiger partial charge is 0.468 e. The summed E-state index contributed by atoms with van der Waals surface area (Å²) in [5.74, 6) is -1.56. The van der Waals surface area contributed by atoms with Gasteiger partial charge in [-0.3, -0.25) is 14.7 Å². The summed E-state index contributed by atoms with van der Waals surface area (Å²) in [5, 5.41) is 9.78. The normalized spacial score (nSPS) is 14.8. The maximum absolute atomic E-state index is 12.1. The number of hydrogen-bond donors (Lipinski definition) is 2. The summed E-state index contributed by atoms with van der Waals surface area (Å²) in [6, 6.07) is 0. The maximum atomic E-state index is 12.1. The van der Waals surface area contributed by atoms with Crippen LogP contribution < -0.4 is 5.32 Å². The number of methoxy groups -OCH3 is 2. The van der Waals surface area contributed by atoms with Gasteiger partial charge in [-0.1, -0.05) is 0 Å². The molecule has 0 heterocycles. The number of amides is 1. The van der Waals surface area contributed by atoms with Gasteiger partial charge in [0.15, 0.2) is 0 Å². The van der Waals surface area contributed by atoms with Gasteiger partial charge in [-0.2, -0.15) is 0 Å². The number of hydrogen-bond acceptors (Lipinski definition) is 9. The van der Waals surface area contributed by atoms with Gasteiger partial charge in [0, 0.05) is 12.7 Å². The molecule has 1 amide bonds. The molecule has 0 aromatic rings. The van der Waals surface area contributed by atoms with E-state index < -0.39 is 61.3 Å². The summed E-state index contributed by atoms with van der Waals surface area (Å²) >= 11 is 0. The molecule has 0 aromatic carbocycles. The third-order valence-corrected chi connectivity index (χ3v) is 5.72. The lowest BCUT2D eigenvalue weighted by Crippen LogP contribution is -2.34. The summed E-state index contributed by atoms with van der Waals surface area (Å²) < 4.78 is 76.0. The average molecular weight is 541 g/mol. The fourth-order valence-electron chi connectivity index (χ4n) is 1.54. The summed E-state index contributed by atoms with van der Waals surface area (Å²) in [5.41, 5.74) is -2.13. The Morgan fingerprint density at radius 3 is 1.80 bits per heavy atom. The number of carbonyl (C=O) groups is 3. The quantitative estimate of drug-likeness (QED) is 0.154. The van der Waals surface area contributed by atoms with Gasteiger partial charge in [0.1, 0.15) is 23.1 Å². The monoisotopic (exact) mass is 541 g/mol. The lowest BCUT2D eigenvalue weighted by molar-refractivity contribution is -0.140. The molecule has 3 atom stereocenters. The minimum atomic E-state index is -2.89. The van der Waals surface area contributed by atoms with E-state index in [1.807, 2.05) is 5.32 Å². The topological polar surface area (TPSA) is 137 Å². The zero-order valence-corrected chi connectivity index (χ0v) is 22.2. The number of ether oxygens (including phenoxy) is 3. The van der Waals surface area contributed by atoms with E-state index in [0.29, 0.717) is 6.61 Å². The van der Waals surface area contributed by atoms with E-state index in [-0.39, 0.29) is 6.08 Å². The zero-order chi connectivity index (χ0) is 28.6. The average Bonchev–Trinajstić information content (AvgIpc) is 2.70. The molecule has 208 valence electrons. The van der Waals surface area contributed by atoms with Gasteiger partial charge in [-0.25, -0.2) is 27.2 Å². The van der Waals surface area contributed by atoms with Crippen molar-refractivity contribution in [3.8, 4) is 0 Å². The van der Waals surface area contributed by atoms with Crippen LogP contribution in [-0.4, -0.2) is 80.8 Å². The Kier molecular flexibility index (Phi) is 19.4. The van der Waals surface area contributed by atoms with Gasteiger partial charge in [0.2, 0.25) is 7.37 Å².